The van der Waals surface area contributed by atoms with Gasteiger partial charge in [0.05, 0.1) is 0 Å². The van der Waals surface area contributed by atoms with Crippen molar-refractivity contribution in [2.45, 2.75) is 39.3 Å². The molecule has 1 rings (SSSR count). The lowest BCUT2D eigenvalue weighted by Crippen LogP contribution is -2.63. The predicted octanol–water partition coefficient (Wildman–Crippen LogP) is 4.67. The van der Waals surface area contributed by atoms with E-state index in [9.17, 15) is 0 Å². The second kappa shape index (κ2) is 8.25. The third kappa shape index (κ3) is 6.45. The highest BCUT2D eigenvalue weighted by atomic mass is 28.5. The molecule has 0 N–H and O–H groups in total. The van der Waals surface area contributed by atoms with E-state index in [0.29, 0.717) is 0 Å². The molecule has 138 valence electrons. The smallest absolute Gasteiger partial charge is 0.350 e. The third-order valence-corrected chi connectivity index (χ3v) is 18.6. The summed E-state index contributed by atoms with van der Waals surface area (Å²) >= 11 is 0. The highest BCUT2D eigenvalue weighted by Gasteiger charge is 2.47. The van der Waals surface area contributed by atoms with E-state index in [1.807, 2.05) is 41.8 Å². The molecular weight excluding hydrogens is 377 g/mol. The Hall–Kier alpha value is -0.812. The lowest BCUT2D eigenvalue weighted by molar-refractivity contribution is 0.344. The summed E-state index contributed by atoms with van der Waals surface area (Å²) in [6.07, 6.45) is 0. The molecule has 2 atom stereocenters. The summed E-state index contributed by atoms with van der Waals surface area (Å²) in [5, 5.41) is 1.10. The maximum Gasteiger partial charge on any atom is 0.350 e. The van der Waals surface area contributed by atoms with E-state index in [2.05, 4.69) is 64.6 Å². The summed E-state index contributed by atoms with van der Waals surface area (Å²) in [6.45, 7) is 24.5. The van der Waals surface area contributed by atoms with Crippen molar-refractivity contribution >= 4 is 38.9 Å². The van der Waals surface area contributed by atoms with Crippen LogP contribution in [-0.2, 0) is 12.3 Å². The van der Waals surface area contributed by atoms with Crippen LogP contribution in [0.1, 0.15) is 0 Å². The van der Waals surface area contributed by atoms with E-state index in [1.165, 1.54) is 0 Å². The van der Waals surface area contributed by atoms with E-state index in [1.54, 1.807) is 0 Å². The summed E-state index contributed by atoms with van der Waals surface area (Å²) in [6, 6.07) is 10.2. The van der Waals surface area contributed by atoms with Crippen molar-refractivity contribution in [1.29, 1.82) is 0 Å². The molecule has 0 radical (unpaired) electrons. The molecule has 1 aromatic rings. The molecule has 0 fully saturated rings. The van der Waals surface area contributed by atoms with Gasteiger partial charge in [-0.25, -0.2) is 0 Å². The van der Waals surface area contributed by atoms with Gasteiger partial charge in [0.15, 0.2) is 16.6 Å². The van der Waals surface area contributed by atoms with Crippen LogP contribution >= 0.6 is 0 Å². The van der Waals surface area contributed by atoms with Crippen LogP contribution in [0.5, 0.6) is 0 Å². The normalized spacial score (nSPS) is 17.2. The molecule has 0 saturated carbocycles. The molecule has 3 nitrogen and oxygen atoms in total. The summed E-state index contributed by atoms with van der Waals surface area (Å²) in [5.74, 6) is 0. The Balaban J connectivity index is 3.30. The van der Waals surface area contributed by atoms with E-state index < -0.39 is 33.8 Å². The molecule has 0 saturated heterocycles. The van der Waals surface area contributed by atoms with Gasteiger partial charge in [0, 0.05) is 0 Å². The van der Waals surface area contributed by atoms with Crippen LogP contribution in [0.4, 0.5) is 0 Å². The average Bonchev–Trinajstić information content (AvgIpc) is 2.54. The van der Waals surface area contributed by atoms with Crippen molar-refractivity contribution in [3.63, 3.8) is 0 Å². The Kier molecular flexibility index (Phi) is 7.34. The molecule has 0 aliphatic carbocycles. The van der Waals surface area contributed by atoms with Gasteiger partial charge >= 0.3 is 17.1 Å². The van der Waals surface area contributed by atoms with Gasteiger partial charge in [-0.15, -0.1) is 19.7 Å². The topological polar surface area (TPSA) is 27.7 Å². The van der Waals surface area contributed by atoms with Gasteiger partial charge in [-0.1, -0.05) is 47.4 Å². The average molecular weight is 409 g/mol. The fraction of sp³-hybridized carbons (Fsp3) is 0.333. The van der Waals surface area contributed by atoms with Gasteiger partial charge in [0.25, 0.3) is 0 Å². The Labute approximate surface area is 157 Å². The minimum absolute atomic E-state index is 1.10. The molecule has 0 aliphatic rings. The monoisotopic (exact) mass is 408 g/mol. The fourth-order valence-electron chi connectivity index (χ4n) is 2.48. The predicted molar refractivity (Wildman–Crippen MR) is 118 cm³/mol. The van der Waals surface area contributed by atoms with Gasteiger partial charge < -0.3 is 12.3 Å². The van der Waals surface area contributed by atoms with Gasteiger partial charge in [-0.3, -0.25) is 0 Å². The van der Waals surface area contributed by atoms with Gasteiger partial charge in [-0.05, 0) is 44.5 Å². The SMILES string of the molecule is C=C[Si](C)(C)O[Si](C)(C=C)O[Si](C)(O[Si](C)(C)C=C)c1ccccc1. The minimum Gasteiger partial charge on any atom is -0.430 e. The molecule has 0 aromatic heterocycles. The molecule has 25 heavy (non-hydrogen) atoms. The first kappa shape index (κ1) is 22.2. The standard InChI is InChI=1S/C18H32O3Si4/c1-10-22(4,5)19-24(8,12-3)21-25(9,20-23(6,7)11-2)18-16-14-13-15-17-18/h10-17H,1-3H2,4-9H3. The van der Waals surface area contributed by atoms with Crippen LogP contribution in [0.3, 0.4) is 0 Å². The number of hydrogen-bond acceptors (Lipinski definition) is 3. The highest BCUT2D eigenvalue weighted by molar-refractivity contribution is 6.97. The van der Waals surface area contributed by atoms with Gasteiger partial charge in [0.2, 0.25) is 0 Å². The highest BCUT2D eigenvalue weighted by Crippen LogP contribution is 2.25. The maximum absolute atomic E-state index is 6.73. The first-order chi connectivity index (χ1) is 11.4. The second-order valence-corrected chi connectivity index (χ2v) is 22.0. The van der Waals surface area contributed by atoms with Crippen LogP contribution in [-0.4, -0.2) is 33.8 Å². The lowest BCUT2D eigenvalue weighted by Gasteiger charge is -2.41. The van der Waals surface area contributed by atoms with Crippen molar-refractivity contribution < 1.29 is 12.3 Å². The third-order valence-electron chi connectivity index (χ3n) is 3.97. The zero-order valence-electron chi connectivity index (χ0n) is 16.5. The van der Waals surface area contributed by atoms with Crippen LogP contribution in [0.15, 0.2) is 67.2 Å². The second-order valence-electron chi connectivity index (χ2n) is 7.45. The van der Waals surface area contributed by atoms with Crippen molar-refractivity contribution in [3.05, 3.63) is 67.2 Å². The Morgan fingerprint density at radius 2 is 1.16 bits per heavy atom. The van der Waals surface area contributed by atoms with Crippen molar-refractivity contribution in [2.75, 3.05) is 0 Å². The van der Waals surface area contributed by atoms with Crippen molar-refractivity contribution in [3.8, 4) is 0 Å². The summed E-state index contributed by atoms with van der Waals surface area (Å²) in [5.41, 5.74) is 5.72. The Morgan fingerprint density at radius 3 is 1.60 bits per heavy atom. The zero-order chi connectivity index (χ0) is 19.4. The summed E-state index contributed by atoms with van der Waals surface area (Å²) in [4.78, 5) is 0. The van der Waals surface area contributed by atoms with E-state index in [-0.39, 0.29) is 0 Å². The van der Waals surface area contributed by atoms with Crippen molar-refractivity contribution in [2.24, 2.45) is 0 Å². The summed E-state index contributed by atoms with van der Waals surface area (Å²) in [7, 11) is -9.40. The molecule has 0 spiro atoms. The largest absolute Gasteiger partial charge is 0.430 e. The zero-order valence-corrected chi connectivity index (χ0v) is 20.5. The van der Waals surface area contributed by atoms with Crippen molar-refractivity contribution in [1.82, 2.24) is 0 Å². The molecule has 0 aliphatic heterocycles. The summed E-state index contributed by atoms with van der Waals surface area (Å²) < 4.78 is 19.8. The quantitative estimate of drug-likeness (QED) is 0.526. The molecule has 2 unspecified atom stereocenters. The fourth-order valence-corrected chi connectivity index (χ4v) is 17.9. The van der Waals surface area contributed by atoms with Crippen LogP contribution < -0.4 is 5.19 Å². The molecular formula is C18H32O3Si4. The molecule has 0 heterocycles. The Bertz CT molecular complexity index is 618. The Morgan fingerprint density at radius 1 is 0.680 bits per heavy atom. The molecule has 0 amide bonds. The number of hydrogen-bond donors (Lipinski definition) is 0. The van der Waals surface area contributed by atoms with Crippen LogP contribution in [0.2, 0.25) is 39.3 Å². The molecule has 1 aromatic carbocycles. The van der Waals surface area contributed by atoms with E-state index in [4.69, 9.17) is 12.3 Å². The van der Waals surface area contributed by atoms with E-state index >= 15 is 0 Å². The van der Waals surface area contributed by atoms with Crippen LogP contribution in [0, 0.1) is 0 Å². The van der Waals surface area contributed by atoms with E-state index in [0.717, 1.165) is 5.19 Å². The number of rotatable bonds is 10. The first-order valence-electron chi connectivity index (χ1n) is 8.48. The van der Waals surface area contributed by atoms with Crippen LogP contribution in [0.25, 0.3) is 0 Å². The number of benzene rings is 1. The first-order valence-corrected chi connectivity index (χ1v) is 19.2. The van der Waals surface area contributed by atoms with Gasteiger partial charge in [0.1, 0.15) is 0 Å². The maximum atomic E-state index is 6.73. The molecule has 0 bridgehead atoms. The minimum atomic E-state index is -2.71. The molecule has 7 heteroatoms. The van der Waals surface area contributed by atoms with Gasteiger partial charge in [-0.2, -0.15) is 0 Å². The lowest BCUT2D eigenvalue weighted by atomic mass is 10.4.